The standard InChI is InChI=1S/C16H27NO2/c1-4-17-11-15-13(7-10-18-15)12-19-14-5-8-16(2,3)9-6-14/h7,10,14,17H,4-6,8-9,11-12H2,1-3H3. The van der Waals surface area contributed by atoms with E-state index >= 15 is 0 Å². The molecule has 1 aromatic heterocycles. The summed E-state index contributed by atoms with van der Waals surface area (Å²) in [6.07, 6.45) is 7.10. The number of hydrogen-bond acceptors (Lipinski definition) is 3. The van der Waals surface area contributed by atoms with E-state index in [9.17, 15) is 0 Å². The van der Waals surface area contributed by atoms with E-state index in [-0.39, 0.29) is 0 Å². The smallest absolute Gasteiger partial charge is 0.123 e. The lowest BCUT2D eigenvalue weighted by molar-refractivity contribution is -0.00611. The highest BCUT2D eigenvalue weighted by Crippen LogP contribution is 2.36. The molecule has 0 bridgehead atoms. The van der Waals surface area contributed by atoms with Crippen LogP contribution in [-0.4, -0.2) is 12.6 Å². The summed E-state index contributed by atoms with van der Waals surface area (Å²) in [5, 5.41) is 3.29. The average Bonchev–Trinajstić information content (AvgIpc) is 2.82. The third kappa shape index (κ3) is 4.36. The number of nitrogens with one attached hydrogen (secondary N) is 1. The van der Waals surface area contributed by atoms with E-state index in [1.807, 2.05) is 6.07 Å². The first-order valence-electron chi connectivity index (χ1n) is 7.48. The van der Waals surface area contributed by atoms with E-state index in [0.29, 0.717) is 18.1 Å². The fourth-order valence-corrected chi connectivity index (χ4v) is 2.64. The first kappa shape index (κ1) is 14.6. The Morgan fingerprint density at radius 3 is 2.79 bits per heavy atom. The maximum atomic E-state index is 6.05. The van der Waals surface area contributed by atoms with Crippen molar-refractivity contribution in [3.05, 3.63) is 23.7 Å². The molecule has 1 aliphatic carbocycles. The minimum Gasteiger partial charge on any atom is -0.468 e. The minimum atomic E-state index is 0.426. The van der Waals surface area contributed by atoms with E-state index in [4.69, 9.17) is 9.15 Å². The number of rotatable bonds is 6. The molecule has 0 saturated heterocycles. The van der Waals surface area contributed by atoms with Crippen molar-refractivity contribution in [1.82, 2.24) is 5.32 Å². The van der Waals surface area contributed by atoms with Crippen molar-refractivity contribution < 1.29 is 9.15 Å². The Hall–Kier alpha value is -0.800. The Balaban J connectivity index is 1.78. The van der Waals surface area contributed by atoms with Crippen molar-refractivity contribution in [1.29, 1.82) is 0 Å². The normalized spacial score (nSPS) is 19.7. The third-order valence-corrected chi connectivity index (χ3v) is 4.13. The fraction of sp³-hybridized carbons (Fsp3) is 0.750. The van der Waals surface area contributed by atoms with Crippen LogP contribution in [-0.2, 0) is 17.9 Å². The van der Waals surface area contributed by atoms with Gasteiger partial charge in [-0.25, -0.2) is 0 Å². The molecule has 0 aliphatic heterocycles. The molecule has 1 aromatic rings. The van der Waals surface area contributed by atoms with Crippen LogP contribution in [0.15, 0.2) is 16.7 Å². The highest BCUT2D eigenvalue weighted by molar-refractivity contribution is 5.15. The molecule has 3 nitrogen and oxygen atoms in total. The molecule has 1 aliphatic rings. The van der Waals surface area contributed by atoms with E-state index in [0.717, 1.165) is 18.8 Å². The second-order valence-electron chi connectivity index (χ2n) is 6.32. The second kappa shape index (κ2) is 6.58. The van der Waals surface area contributed by atoms with Crippen LogP contribution >= 0.6 is 0 Å². The molecule has 0 amide bonds. The number of furan rings is 1. The van der Waals surface area contributed by atoms with Gasteiger partial charge in [0, 0.05) is 5.56 Å². The van der Waals surface area contributed by atoms with Crippen molar-refractivity contribution in [2.24, 2.45) is 5.41 Å². The Morgan fingerprint density at radius 2 is 2.11 bits per heavy atom. The van der Waals surface area contributed by atoms with Crippen LogP contribution in [0.3, 0.4) is 0 Å². The third-order valence-electron chi connectivity index (χ3n) is 4.13. The van der Waals surface area contributed by atoms with Gasteiger partial charge >= 0.3 is 0 Å². The molecule has 3 heteroatoms. The summed E-state index contributed by atoms with van der Waals surface area (Å²) in [6.45, 7) is 9.24. The molecule has 1 saturated carbocycles. The van der Waals surface area contributed by atoms with Gasteiger partial charge in [0.25, 0.3) is 0 Å². The molecule has 0 spiro atoms. The van der Waals surface area contributed by atoms with Crippen molar-refractivity contribution >= 4 is 0 Å². The monoisotopic (exact) mass is 265 g/mol. The van der Waals surface area contributed by atoms with Gasteiger partial charge in [0.1, 0.15) is 5.76 Å². The Labute approximate surface area is 116 Å². The van der Waals surface area contributed by atoms with Gasteiger partial charge in [-0.3, -0.25) is 0 Å². The van der Waals surface area contributed by atoms with Gasteiger partial charge in [0.2, 0.25) is 0 Å². The topological polar surface area (TPSA) is 34.4 Å². The van der Waals surface area contributed by atoms with E-state index < -0.39 is 0 Å². The van der Waals surface area contributed by atoms with Gasteiger partial charge in [-0.05, 0) is 43.7 Å². The Kier molecular flexibility index (Phi) is 5.06. The zero-order valence-electron chi connectivity index (χ0n) is 12.5. The molecular weight excluding hydrogens is 238 g/mol. The zero-order valence-corrected chi connectivity index (χ0v) is 12.5. The summed E-state index contributed by atoms with van der Waals surface area (Å²) < 4.78 is 11.6. The van der Waals surface area contributed by atoms with Crippen molar-refractivity contribution in [3.8, 4) is 0 Å². The average molecular weight is 265 g/mol. The summed E-state index contributed by atoms with van der Waals surface area (Å²) in [6, 6.07) is 2.03. The molecule has 19 heavy (non-hydrogen) atoms. The van der Waals surface area contributed by atoms with Crippen LogP contribution in [0.4, 0.5) is 0 Å². The quantitative estimate of drug-likeness (QED) is 0.847. The first-order valence-corrected chi connectivity index (χ1v) is 7.48. The summed E-state index contributed by atoms with van der Waals surface area (Å²) in [7, 11) is 0. The highest BCUT2D eigenvalue weighted by atomic mass is 16.5. The lowest BCUT2D eigenvalue weighted by Gasteiger charge is -2.34. The van der Waals surface area contributed by atoms with Crippen LogP contribution in [0.25, 0.3) is 0 Å². The molecule has 0 unspecified atom stereocenters. The van der Waals surface area contributed by atoms with E-state index in [1.54, 1.807) is 6.26 Å². The lowest BCUT2D eigenvalue weighted by atomic mass is 9.76. The molecule has 2 rings (SSSR count). The molecule has 108 valence electrons. The minimum absolute atomic E-state index is 0.426. The molecule has 0 atom stereocenters. The second-order valence-corrected chi connectivity index (χ2v) is 6.32. The van der Waals surface area contributed by atoms with Gasteiger partial charge in [-0.15, -0.1) is 0 Å². The molecule has 1 N–H and O–H groups in total. The zero-order chi connectivity index (χ0) is 13.7. The maximum Gasteiger partial charge on any atom is 0.123 e. The predicted octanol–water partition coefficient (Wildman–Crippen LogP) is 3.87. The van der Waals surface area contributed by atoms with E-state index in [2.05, 4.69) is 26.1 Å². The molecule has 1 fully saturated rings. The van der Waals surface area contributed by atoms with Gasteiger partial charge in [-0.2, -0.15) is 0 Å². The maximum absolute atomic E-state index is 6.05. The van der Waals surface area contributed by atoms with Crippen LogP contribution < -0.4 is 5.32 Å². The molecule has 0 radical (unpaired) electrons. The predicted molar refractivity (Wildman–Crippen MR) is 76.9 cm³/mol. The van der Waals surface area contributed by atoms with Crippen molar-refractivity contribution in [2.45, 2.75) is 65.7 Å². The molecule has 0 aromatic carbocycles. The molecule has 1 heterocycles. The van der Waals surface area contributed by atoms with Gasteiger partial charge in [-0.1, -0.05) is 20.8 Å². The van der Waals surface area contributed by atoms with Crippen LogP contribution in [0.1, 0.15) is 57.8 Å². The van der Waals surface area contributed by atoms with Crippen LogP contribution in [0.2, 0.25) is 0 Å². The highest BCUT2D eigenvalue weighted by Gasteiger charge is 2.27. The Morgan fingerprint density at radius 1 is 1.37 bits per heavy atom. The van der Waals surface area contributed by atoms with Crippen LogP contribution in [0, 0.1) is 5.41 Å². The van der Waals surface area contributed by atoms with E-state index in [1.165, 1.54) is 31.2 Å². The molecular formula is C16H27NO2. The summed E-state index contributed by atoms with van der Waals surface area (Å²) in [5.41, 5.74) is 1.69. The van der Waals surface area contributed by atoms with Crippen LogP contribution in [0.5, 0.6) is 0 Å². The lowest BCUT2D eigenvalue weighted by Crippen LogP contribution is -2.26. The Bertz CT molecular complexity index is 374. The number of ether oxygens (including phenoxy) is 1. The SMILES string of the molecule is CCNCc1occc1COC1CCC(C)(C)CC1. The summed E-state index contributed by atoms with van der Waals surface area (Å²) in [4.78, 5) is 0. The van der Waals surface area contributed by atoms with Gasteiger partial charge in [0.15, 0.2) is 0 Å². The van der Waals surface area contributed by atoms with Crippen molar-refractivity contribution in [2.75, 3.05) is 6.54 Å². The van der Waals surface area contributed by atoms with Crippen molar-refractivity contribution in [3.63, 3.8) is 0 Å². The fourth-order valence-electron chi connectivity index (χ4n) is 2.64. The van der Waals surface area contributed by atoms with Gasteiger partial charge < -0.3 is 14.5 Å². The number of hydrogen-bond donors (Lipinski definition) is 1. The summed E-state index contributed by atoms with van der Waals surface area (Å²) in [5.74, 6) is 1.01. The van der Waals surface area contributed by atoms with Gasteiger partial charge in [0.05, 0.1) is 25.5 Å². The summed E-state index contributed by atoms with van der Waals surface area (Å²) >= 11 is 0. The largest absolute Gasteiger partial charge is 0.468 e. The first-order chi connectivity index (χ1) is 9.11.